The molecule has 0 radical (unpaired) electrons. The van der Waals surface area contributed by atoms with E-state index in [9.17, 15) is 8.78 Å². The molecule has 1 N–H and O–H groups in total. The van der Waals surface area contributed by atoms with Crippen molar-refractivity contribution in [3.05, 3.63) is 83.7 Å². The van der Waals surface area contributed by atoms with Gasteiger partial charge in [0.15, 0.2) is 0 Å². The number of nitrogens with one attached hydrogen (secondary N) is 1. The Morgan fingerprint density at radius 1 is 1.12 bits per heavy atom. The van der Waals surface area contributed by atoms with Crippen LogP contribution in [0.1, 0.15) is 13.9 Å². The lowest BCUT2D eigenvalue weighted by molar-refractivity contribution is 0.579. The van der Waals surface area contributed by atoms with Crippen molar-refractivity contribution < 1.29 is 10.2 Å². The summed E-state index contributed by atoms with van der Waals surface area (Å²) in [5, 5.41) is 3.10. The molecule has 0 unspecified atom stereocenters. The molecule has 5 heteroatoms. The topological polar surface area (TPSA) is 15.3 Å². The molecule has 2 aromatic rings. The molecule has 1 aliphatic heterocycles. The van der Waals surface area contributed by atoms with Gasteiger partial charge in [-0.15, -0.1) is 11.8 Å². The number of hydrogen-bond donors (Lipinski definition) is 1. The van der Waals surface area contributed by atoms with Crippen LogP contribution < -0.4 is 5.32 Å². The van der Waals surface area contributed by atoms with Crippen molar-refractivity contribution in [1.29, 1.82) is 0 Å². The third-order valence-corrected chi connectivity index (χ3v) is 5.05. The summed E-state index contributed by atoms with van der Waals surface area (Å²) >= 11 is 1.64. The number of thioether (sulfide) groups is 1. The number of hydrogen-bond acceptors (Lipinski definition) is 3. The van der Waals surface area contributed by atoms with E-state index in [-0.39, 0.29) is 7.11 Å². The minimum atomic E-state index is -0.625. The van der Waals surface area contributed by atoms with Crippen LogP contribution in [0, 0.1) is 11.6 Å². The van der Waals surface area contributed by atoms with Gasteiger partial charge >= 0.3 is 0 Å². The van der Waals surface area contributed by atoms with E-state index in [2.05, 4.69) is 24.0 Å². The fourth-order valence-electron chi connectivity index (χ4n) is 2.80. The van der Waals surface area contributed by atoms with Crippen LogP contribution in [0.3, 0.4) is 0 Å². The van der Waals surface area contributed by atoms with Crippen LogP contribution in [0.25, 0.3) is 5.57 Å². The lowest BCUT2D eigenvalue weighted by Gasteiger charge is -2.25. The molecule has 3 rings (SSSR count). The SMILES string of the molecule is C=C1C(C)=CC(c2cc(SC)ccc2Nc2ccc(F)cc2F)=CN1C.[HH]. The number of nitrogens with zero attached hydrogens (tertiary/aromatic N) is 1. The minimum absolute atomic E-state index is 0. The largest absolute Gasteiger partial charge is 0.353 e. The monoisotopic (exact) mass is 372 g/mol. The number of anilines is 2. The van der Waals surface area contributed by atoms with E-state index in [4.69, 9.17) is 0 Å². The van der Waals surface area contributed by atoms with Crippen LogP contribution in [0.5, 0.6) is 0 Å². The summed E-state index contributed by atoms with van der Waals surface area (Å²) < 4.78 is 27.3. The van der Waals surface area contributed by atoms with E-state index in [0.29, 0.717) is 0 Å². The lowest BCUT2D eigenvalue weighted by Crippen LogP contribution is -2.14. The Morgan fingerprint density at radius 3 is 2.50 bits per heavy atom. The Balaban J connectivity index is 0.00000261. The molecule has 2 nitrogen and oxygen atoms in total. The first-order valence-corrected chi connectivity index (χ1v) is 9.34. The van der Waals surface area contributed by atoms with Crippen LogP contribution in [0.2, 0.25) is 0 Å². The Kier molecular flexibility index (Phi) is 5.18. The highest BCUT2D eigenvalue weighted by Gasteiger charge is 2.16. The maximum atomic E-state index is 14.1. The number of allylic oxidation sites excluding steroid dienone is 3. The van der Waals surface area contributed by atoms with Gasteiger partial charge in [0.05, 0.1) is 5.69 Å². The summed E-state index contributed by atoms with van der Waals surface area (Å²) in [6.45, 7) is 6.07. The Hall–Kier alpha value is -2.53. The molecule has 0 saturated carbocycles. The summed E-state index contributed by atoms with van der Waals surface area (Å²) in [6.07, 6.45) is 6.07. The summed E-state index contributed by atoms with van der Waals surface area (Å²) in [6, 6.07) is 9.47. The van der Waals surface area contributed by atoms with E-state index in [1.54, 1.807) is 11.8 Å². The molecular formula is C21H22F2N2S. The van der Waals surface area contributed by atoms with Gasteiger partial charge in [-0.1, -0.05) is 6.58 Å². The van der Waals surface area contributed by atoms with Gasteiger partial charge in [-0.05, 0) is 55.2 Å². The molecule has 0 atom stereocenters. The molecular weight excluding hydrogens is 350 g/mol. The average molecular weight is 372 g/mol. The van der Waals surface area contributed by atoms with Crippen LogP contribution >= 0.6 is 11.8 Å². The Morgan fingerprint density at radius 2 is 1.85 bits per heavy atom. The van der Waals surface area contributed by atoms with Crippen molar-refractivity contribution in [3.63, 3.8) is 0 Å². The maximum Gasteiger partial charge on any atom is 0.149 e. The van der Waals surface area contributed by atoms with Crippen LogP contribution in [-0.4, -0.2) is 18.2 Å². The van der Waals surface area contributed by atoms with Gasteiger partial charge in [-0.3, -0.25) is 0 Å². The molecule has 0 saturated heterocycles. The molecule has 136 valence electrons. The molecule has 0 aromatic heterocycles. The molecule has 26 heavy (non-hydrogen) atoms. The molecule has 1 aliphatic rings. The van der Waals surface area contributed by atoms with Gasteiger partial charge in [-0.25, -0.2) is 8.78 Å². The summed E-state index contributed by atoms with van der Waals surface area (Å²) in [4.78, 5) is 3.07. The van der Waals surface area contributed by atoms with Crippen LogP contribution in [0.4, 0.5) is 20.2 Å². The average Bonchev–Trinajstić information content (AvgIpc) is 2.61. The molecule has 0 fully saturated rings. The zero-order valence-corrected chi connectivity index (χ0v) is 15.8. The predicted octanol–water partition coefficient (Wildman–Crippen LogP) is 6.42. The number of halogens is 2. The first-order valence-electron chi connectivity index (χ1n) is 8.12. The first kappa shape index (κ1) is 18.3. The molecule has 0 amide bonds. The Bertz CT molecular complexity index is 938. The highest BCUT2D eigenvalue weighted by atomic mass is 32.2. The zero-order chi connectivity index (χ0) is 18.8. The van der Waals surface area contributed by atoms with Gasteiger partial charge < -0.3 is 10.2 Å². The quantitative estimate of drug-likeness (QED) is 0.623. The molecule has 0 bridgehead atoms. The van der Waals surface area contributed by atoms with Crippen molar-refractivity contribution in [2.45, 2.75) is 11.8 Å². The van der Waals surface area contributed by atoms with Gasteiger partial charge in [0.1, 0.15) is 11.6 Å². The predicted molar refractivity (Wildman–Crippen MR) is 109 cm³/mol. The van der Waals surface area contributed by atoms with Gasteiger partial charge in [0.25, 0.3) is 0 Å². The second kappa shape index (κ2) is 7.38. The van der Waals surface area contributed by atoms with Gasteiger partial charge in [-0.2, -0.15) is 0 Å². The van der Waals surface area contributed by atoms with Crippen molar-refractivity contribution in [2.75, 3.05) is 18.6 Å². The second-order valence-electron chi connectivity index (χ2n) is 6.13. The summed E-state index contributed by atoms with van der Waals surface area (Å²) in [7, 11) is 1.95. The second-order valence-corrected chi connectivity index (χ2v) is 7.01. The Labute approximate surface area is 158 Å². The molecule has 0 spiro atoms. The smallest absolute Gasteiger partial charge is 0.149 e. The molecule has 1 heterocycles. The maximum absolute atomic E-state index is 14.1. The minimum Gasteiger partial charge on any atom is -0.353 e. The van der Waals surface area contributed by atoms with Crippen LogP contribution in [-0.2, 0) is 0 Å². The van der Waals surface area contributed by atoms with Crippen molar-refractivity contribution in [3.8, 4) is 0 Å². The fourth-order valence-corrected chi connectivity index (χ4v) is 3.24. The standard InChI is InChI=1S/C21H20F2N2S.H2/c1-13-9-15(12-25(3)14(13)2)18-11-17(26-4)6-8-20(18)24-21-7-5-16(22)10-19(21)23;/h5-12,24H,2H2,1,3-4H3;1H. The zero-order valence-electron chi connectivity index (χ0n) is 14.9. The fraction of sp³-hybridized carbons (Fsp3) is 0.143. The van der Waals surface area contributed by atoms with E-state index in [1.807, 2.05) is 43.5 Å². The normalized spacial score (nSPS) is 14.2. The number of rotatable bonds is 4. The van der Waals surface area contributed by atoms with Crippen LogP contribution in [0.15, 0.2) is 71.4 Å². The van der Waals surface area contributed by atoms with E-state index in [0.717, 1.165) is 39.1 Å². The highest BCUT2D eigenvalue weighted by molar-refractivity contribution is 7.98. The number of likely N-dealkylation sites (N-methyl/N-ethyl adjacent to an activating group) is 1. The van der Waals surface area contributed by atoms with Gasteiger partial charge in [0, 0.05) is 48.2 Å². The summed E-state index contributed by atoms with van der Waals surface area (Å²) in [5.74, 6) is -1.22. The van der Waals surface area contributed by atoms with E-state index >= 15 is 0 Å². The van der Waals surface area contributed by atoms with Crippen molar-refractivity contribution >= 4 is 28.7 Å². The first-order chi connectivity index (χ1) is 12.4. The third kappa shape index (κ3) is 3.68. The number of benzene rings is 2. The van der Waals surface area contributed by atoms with Gasteiger partial charge in [0.2, 0.25) is 0 Å². The van der Waals surface area contributed by atoms with Crippen molar-refractivity contribution in [1.82, 2.24) is 4.90 Å². The third-order valence-electron chi connectivity index (χ3n) is 4.32. The lowest BCUT2D eigenvalue weighted by atomic mass is 9.98. The highest BCUT2D eigenvalue weighted by Crippen LogP contribution is 2.35. The molecule has 0 aliphatic carbocycles. The molecule has 2 aromatic carbocycles. The van der Waals surface area contributed by atoms with Crippen molar-refractivity contribution in [2.24, 2.45) is 0 Å². The van der Waals surface area contributed by atoms with E-state index in [1.165, 1.54) is 12.1 Å². The van der Waals surface area contributed by atoms with E-state index < -0.39 is 11.6 Å². The summed E-state index contributed by atoms with van der Waals surface area (Å²) in [5.41, 5.74) is 4.94.